The number of amides is 2. The molecule has 2 amide bonds. The molecule has 0 fully saturated rings. The maximum atomic E-state index is 12.9. The standard InChI is InChI=1S/C25H22N2O6/c1-3-12-32-25(31)18-7-4-6-17(13-18)22-9-8-19(33-22)14-20-16(2)21(15-26)24(30)27(23(20)29)10-5-11-28/h3-4,6-9,13-14,28H,1,5,10-12H2,2H3/b20-14+. The van der Waals surface area contributed by atoms with Crippen molar-refractivity contribution < 1.29 is 28.6 Å². The van der Waals surface area contributed by atoms with Crippen molar-refractivity contribution in [2.75, 3.05) is 19.8 Å². The van der Waals surface area contributed by atoms with Gasteiger partial charge in [0.05, 0.1) is 5.56 Å². The van der Waals surface area contributed by atoms with Gasteiger partial charge >= 0.3 is 5.97 Å². The summed E-state index contributed by atoms with van der Waals surface area (Å²) in [6.07, 6.45) is 3.16. The number of nitrogens with zero attached hydrogens (tertiary/aromatic N) is 2. The van der Waals surface area contributed by atoms with E-state index in [2.05, 4.69) is 6.58 Å². The highest BCUT2D eigenvalue weighted by molar-refractivity contribution is 6.19. The van der Waals surface area contributed by atoms with Crippen molar-refractivity contribution in [1.29, 1.82) is 5.26 Å². The van der Waals surface area contributed by atoms with Crippen molar-refractivity contribution in [2.24, 2.45) is 0 Å². The number of imide groups is 1. The third-order valence-corrected chi connectivity index (χ3v) is 4.99. The van der Waals surface area contributed by atoms with Gasteiger partial charge in [0, 0.05) is 24.3 Å². The maximum Gasteiger partial charge on any atom is 0.338 e. The van der Waals surface area contributed by atoms with E-state index in [-0.39, 0.29) is 42.9 Å². The average molecular weight is 446 g/mol. The summed E-state index contributed by atoms with van der Waals surface area (Å²) in [5, 5.41) is 18.5. The number of furan rings is 1. The van der Waals surface area contributed by atoms with E-state index in [9.17, 15) is 19.6 Å². The lowest BCUT2D eigenvalue weighted by Gasteiger charge is -2.27. The van der Waals surface area contributed by atoms with Gasteiger partial charge in [-0.1, -0.05) is 24.8 Å². The summed E-state index contributed by atoms with van der Waals surface area (Å²) in [5.74, 6) is -0.934. The predicted octanol–water partition coefficient (Wildman–Crippen LogP) is 3.26. The fourth-order valence-corrected chi connectivity index (χ4v) is 3.31. The lowest BCUT2D eigenvalue weighted by Crippen LogP contribution is -2.43. The van der Waals surface area contributed by atoms with Crippen LogP contribution in [0.15, 0.2) is 70.2 Å². The molecule has 0 saturated carbocycles. The van der Waals surface area contributed by atoms with E-state index in [0.29, 0.717) is 22.6 Å². The first-order valence-electron chi connectivity index (χ1n) is 10.2. The molecule has 2 aromatic rings. The van der Waals surface area contributed by atoms with Crippen molar-refractivity contribution in [1.82, 2.24) is 4.90 Å². The number of hydrogen-bond acceptors (Lipinski definition) is 7. The van der Waals surface area contributed by atoms with Gasteiger partial charge in [-0.3, -0.25) is 14.5 Å². The molecule has 3 rings (SSSR count). The lowest BCUT2D eigenvalue weighted by atomic mass is 9.94. The summed E-state index contributed by atoms with van der Waals surface area (Å²) in [4.78, 5) is 38.4. The molecule has 168 valence electrons. The third-order valence-electron chi connectivity index (χ3n) is 4.99. The van der Waals surface area contributed by atoms with E-state index in [1.807, 2.05) is 6.07 Å². The SMILES string of the molecule is C=CCOC(=O)c1cccc(-c2ccc(/C=C3/C(=O)N(CCCO)C(=O)C(C#N)=C3C)o2)c1. The molecule has 1 aromatic heterocycles. The Bertz CT molecular complexity index is 1210. The summed E-state index contributed by atoms with van der Waals surface area (Å²) in [5.41, 5.74) is 1.27. The number of carbonyl (C=O) groups excluding carboxylic acids is 3. The minimum absolute atomic E-state index is 0.00210. The van der Waals surface area contributed by atoms with E-state index in [1.54, 1.807) is 36.4 Å². The number of aliphatic hydroxyl groups is 1. The Hall–Kier alpha value is -4.22. The van der Waals surface area contributed by atoms with Crippen LogP contribution in [0, 0.1) is 11.3 Å². The molecule has 0 unspecified atom stereocenters. The molecular weight excluding hydrogens is 424 g/mol. The van der Waals surface area contributed by atoms with E-state index in [4.69, 9.17) is 14.3 Å². The zero-order valence-electron chi connectivity index (χ0n) is 18.0. The number of rotatable bonds is 8. The van der Waals surface area contributed by atoms with Crippen LogP contribution in [-0.4, -0.2) is 47.5 Å². The number of hydrogen-bond donors (Lipinski definition) is 1. The minimum Gasteiger partial charge on any atom is -0.458 e. The van der Waals surface area contributed by atoms with Crippen molar-refractivity contribution in [2.45, 2.75) is 13.3 Å². The average Bonchev–Trinajstić information content (AvgIpc) is 3.29. The van der Waals surface area contributed by atoms with Gasteiger partial charge in [-0.05, 0) is 49.3 Å². The Morgan fingerprint density at radius 1 is 1.27 bits per heavy atom. The first-order chi connectivity index (χ1) is 15.9. The second-order valence-corrected chi connectivity index (χ2v) is 7.18. The van der Waals surface area contributed by atoms with Crippen LogP contribution in [0.2, 0.25) is 0 Å². The smallest absolute Gasteiger partial charge is 0.338 e. The normalized spacial score (nSPS) is 15.1. The van der Waals surface area contributed by atoms with Crippen LogP contribution in [-0.2, 0) is 14.3 Å². The summed E-state index contributed by atoms with van der Waals surface area (Å²) >= 11 is 0. The number of aliphatic hydroxyl groups excluding tert-OH is 1. The number of benzene rings is 1. The first kappa shape index (κ1) is 23.4. The highest BCUT2D eigenvalue weighted by Gasteiger charge is 2.35. The van der Waals surface area contributed by atoms with Crippen LogP contribution in [0.25, 0.3) is 17.4 Å². The molecule has 8 heteroatoms. The highest BCUT2D eigenvalue weighted by Crippen LogP contribution is 2.29. The Morgan fingerprint density at radius 2 is 2.06 bits per heavy atom. The summed E-state index contributed by atoms with van der Waals surface area (Å²) in [6.45, 7) is 4.96. The molecule has 0 atom stereocenters. The van der Waals surface area contributed by atoms with Crippen molar-refractivity contribution in [3.8, 4) is 17.4 Å². The molecule has 8 nitrogen and oxygen atoms in total. The second-order valence-electron chi connectivity index (χ2n) is 7.18. The Labute approximate surface area is 190 Å². The quantitative estimate of drug-likeness (QED) is 0.286. The Kier molecular flexibility index (Phi) is 7.38. The van der Waals surface area contributed by atoms with Gasteiger partial charge in [0.2, 0.25) is 0 Å². The topological polar surface area (TPSA) is 121 Å². The van der Waals surface area contributed by atoms with Gasteiger partial charge in [-0.25, -0.2) is 4.79 Å². The fourth-order valence-electron chi connectivity index (χ4n) is 3.31. The molecule has 0 bridgehead atoms. The van der Waals surface area contributed by atoms with Crippen LogP contribution < -0.4 is 0 Å². The van der Waals surface area contributed by atoms with Gasteiger partial charge in [0.1, 0.15) is 29.8 Å². The Balaban J connectivity index is 1.93. The number of carbonyl (C=O) groups is 3. The summed E-state index contributed by atoms with van der Waals surface area (Å²) in [6, 6.07) is 11.9. The molecule has 0 radical (unpaired) electrons. The zero-order valence-corrected chi connectivity index (χ0v) is 18.0. The molecule has 33 heavy (non-hydrogen) atoms. The highest BCUT2D eigenvalue weighted by atomic mass is 16.5. The molecule has 0 aliphatic carbocycles. The Morgan fingerprint density at radius 3 is 2.76 bits per heavy atom. The maximum absolute atomic E-state index is 12.9. The van der Waals surface area contributed by atoms with Crippen LogP contribution in [0.1, 0.15) is 29.5 Å². The van der Waals surface area contributed by atoms with E-state index in [1.165, 1.54) is 19.1 Å². The molecule has 1 aliphatic heterocycles. The molecule has 0 spiro atoms. The van der Waals surface area contributed by atoms with Crippen LogP contribution >= 0.6 is 0 Å². The number of esters is 1. The monoisotopic (exact) mass is 446 g/mol. The van der Waals surface area contributed by atoms with E-state index >= 15 is 0 Å². The number of nitriles is 1. The molecule has 1 aliphatic rings. The second kappa shape index (κ2) is 10.4. The molecule has 0 saturated heterocycles. The van der Waals surface area contributed by atoms with Gasteiger partial charge in [-0.2, -0.15) is 5.26 Å². The number of ether oxygens (including phenoxy) is 1. The fraction of sp³-hybridized carbons (Fsp3) is 0.200. The van der Waals surface area contributed by atoms with E-state index < -0.39 is 17.8 Å². The summed E-state index contributed by atoms with van der Waals surface area (Å²) in [7, 11) is 0. The van der Waals surface area contributed by atoms with Crippen LogP contribution in [0.4, 0.5) is 0 Å². The minimum atomic E-state index is -0.675. The zero-order chi connectivity index (χ0) is 24.0. The van der Waals surface area contributed by atoms with E-state index in [0.717, 1.165) is 4.90 Å². The van der Waals surface area contributed by atoms with Crippen molar-refractivity contribution in [3.05, 3.63) is 77.1 Å². The predicted molar refractivity (Wildman–Crippen MR) is 119 cm³/mol. The van der Waals surface area contributed by atoms with Crippen molar-refractivity contribution in [3.63, 3.8) is 0 Å². The lowest BCUT2D eigenvalue weighted by molar-refractivity contribution is -0.140. The third kappa shape index (κ3) is 5.00. The molecular formula is C25H22N2O6. The van der Waals surface area contributed by atoms with Gasteiger partial charge in [-0.15, -0.1) is 0 Å². The largest absolute Gasteiger partial charge is 0.458 e. The first-order valence-corrected chi connectivity index (χ1v) is 10.2. The van der Waals surface area contributed by atoms with Gasteiger partial charge < -0.3 is 14.3 Å². The van der Waals surface area contributed by atoms with Gasteiger partial charge in [0.25, 0.3) is 11.8 Å². The van der Waals surface area contributed by atoms with Crippen LogP contribution in [0.3, 0.4) is 0 Å². The van der Waals surface area contributed by atoms with Crippen LogP contribution in [0.5, 0.6) is 0 Å². The van der Waals surface area contributed by atoms with Crippen molar-refractivity contribution >= 4 is 23.9 Å². The molecule has 2 heterocycles. The molecule has 1 N–H and O–H groups in total. The molecule has 1 aromatic carbocycles. The summed E-state index contributed by atoms with van der Waals surface area (Å²) < 4.78 is 10.9. The van der Waals surface area contributed by atoms with Gasteiger partial charge in [0.15, 0.2) is 0 Å².